The van der Waals surface area contributed by atoms with Crippen molar-refractivity contribution in [2.45, 2.75) is 78.6 Å². The summed E-state index contributed by atoms with van der Waals surface area (Å²) in [5.74, 6) is -0.880. The molecule has 3 N–H and O–H groups in total. The van der Waals surface area contributed by atoms with Crippen molar-refractivity contribution in [1.29, 1.82) is 0 Å². The summed E-state index contributed by atoms with van der Waals surface area (Å²) in [6.07, 6.45) is -0.219. The van der Waals surface area contributed by atoms with Crippen molar-refractivity contribution in [1.82, 2.24) is 15.5 Å². The van der Waals surface area contributed by atoms with E-state index in [1.54, 1.807) is 20.8 Å². The number of nitrogens with one attached hydrogen (secondary N) is 2. The van der Waals surface area contributed by atoms with Crippen LogP contribution in [0.3, 0.4) is 0 Å². The van der Waals surface area contributed by atoms with Gasteiger partial charge in [-0.3, -0.25) is 9.59 Å². The Balaban J connectivity index is 3.27. The van der Waals surface area contributed by atoms with Gasteiger partial charge in [-0.25, -0.2) is 4.79 Å². The SMILES string of the molecule is CCCN(C(=O)C(CO)NC(=O)OC(C)(C)C)C(C(=O)NC(C)C)c1ccc(C)cc1. The Kier molecular flexibility index (Phi) is 9.97. The van der Waals surface area contributed by atoms with Gasteiger partial charge in [0.25, 0.3) is 0 Å². The van der Waals surface area contributed by atoms with E-state index in [2.05, 4.69) is 10.6 Å². The summed E-state index contributed by atoms with van der Waals surface area (Å²) in [5, 5.41) is 15.1. The number of hydrogen-bond acceptors (Lipinski definition) is 5. The van der Waals surface area contributed by atoms with Gasteiger partial charge in [-0.1, -0.05) is 36.8 Å². The van der Waals surface area contributed by atoms with Crippen molar-refractivity contribution in [3.05, 3.63) is 35.4 Å². The zero-order valence-corrected chi connectivity index (χ0v) is 19.7. The Morgan fingerprint density at radius 2 is 1.68 bits per heavy atom. The number of rotatable bonds is 9. The molecule has 0 saturated heterocycles. The molecule has 1 aromatic rings. The highest BCUT2D eigenvalue weighted by atomic mass is 16.6. The molecule has 0 fully saturated rings. The first-order chi connectivity index (χ1) is 14.4. The zero-order chi connectivity index (χ0) is 23.8. The van der Waals surface area contributed by atoms with Gasteiger partial charge in [-0.15, -0.1) is 0 Å². The van der Waals surface area contributed by atoms with Crippen molar-refractivity contribution >= 4 is 17.9 Å². The van der Waals surface area contributed by atoms with Crippen LogP contribution < -0.4 is 10.6 Å². The van der Waals surface area contributed by atoms with Gasteiger partial charge in [-0.2, -0.15) is 0 Å². The van der Waals surface area contributed by atoms with Crippen LogP contribution in [0, 0.1) is 6.92 Å². The van der Waals surface area contributed by atoms with E-state index in [0.29, 0.717) is 12.0 Å². The number of nitrogens with zero attached hydrogens (tertiary/aromatic N) is 1. The van der Waals surface area contributed by atoms with Gasteiger partial charge in [0.15, 0.2) is 0 Å². The average Bonchev–Trinajstić information content (AvgIpc) is 2.64. The molecule has 0 aliphatic carbocycles. The van der Waals surface area contributed by atoms with Crippen LogP contribution in [0.25, 0.3) is 0 Å². The summed E-state index contributed by atoms with van der Waals surface area (Å²) >= 11 is 0. The van der Waals surface area contributed by atoms with Gasteiger partial charge in [-0.05, 0) is 53.5 Å². The van der Waals surface area contributed by atoms with Crippen LogP contribution in [0.15, 0.2) is 24.3 Å². The van der Waals surface area contributed by atoms with Crippen LogP contribution >= 0.6 is 0 Å². The molecule has 0 spiro atoms. The lowest BCUT2D eigenvalue weighted by Gasteiger charge is -2.34. The standard InChI is InChI=1S/C23H37N3O5/c1-8-13-26(21(29)18(14-27)25-22(30)31-23(5,6)7)19(20(28)24-15(2)3)17-11-9-16(4)10-12-17/h9-12,15,18-19,27H,8,13-14H2,1-7H3,(H,24,28)(H,25,30). The molecule has 1 rings (SSSR count). The summed E-state index contributed by atoms with van der Waals surface area (Å²) in [4.78, 5) is 40.0. The predicted octanol–water partition coefficient (Wildman–Crippen LogP) is 2.68. The molecule has 2 atom stereocenters. The predicted molar refractivity (Wildman–Crippen MR) is 119 cm³/mol. The summed E-state index contributed by atoms with van der Waals surface area (Å²) in [5.41, 5.74) is 0.928. The van der Waals surface area contributed by atoms with Gasteiger partial charge in [0.2, 0.25) is 11.8 Å². The molecule has 0 aromatic heterocycles. The number of amides is 3. The number of benzene rings is 1. The van der Waals surface area contributed by atoms with E-state index in [0.717, 1.165) is 5.56 Å². The van der Waals surface area contributed by atoms with E-state index in [1.165, 1.54) is 4.90 Å². The van der Waals surface area contributed by atoms with Crippen LogP contribution in [-0.4, -0.2) is 58.8 Å². The van der Waals surface area contributed by atoms with E-state index in [4.69, 9.17) is 4.74 Å². The highest BCUT2D eigenvalue weighted by Gasteiger charge is 2.35. The van der Waals surface area contributed by atoms with Crippen LogP contribution in [-0.2, 0) is 14.3 Å². The molecule has 0 heterocycles. The van der Waals surface area contributed by atoms with Crippen molar-refractivity contribution in [3.8, 4) is 0 Å². The lowest BCUT2D eigenvalue weighted by atomic mass is 10.0. The first-order valence-electron chi connectivity index (χ1n) is 10.7. The number of aryl methyl sites for hydroxylation is 1. The summed E-state index contributed by atoms with van der Waals surface area (Å²) in [6, 6.07) is 5.12. The molecule has 0 bridgehead atoms. The van der Waals surface area contributed by atoms with Crippen LogP contribution in [0.5, 0.6) is 0 Å². The number of carbonyl (C=O) groups excluding carboxylic acids is 3. The number of ether oxygens (including phenoxy) is 1. The second-order valence-corrected chi connectivity index (χ2v) is 8.89. The minimum Gasteiger partial charge on any atom is -0.444 e. The highest BCUT2D eigenvalue weighted by Crippen LogP contribution is 2.24. The smallest absolute Gasteiger partial charge is 0.408 e. The number of hydrogen-bond donors (Lipinski definition) is 3. The Hall–Kier alpha value is -2.61. The number of carbonyl (C=O) groups is 3. The minimum absolute atomic E-state index is 0.118. The van der Waals surface area contributed by atoms with E-state index >= 15 is 0 Å². The van der Waals surface area contributed by atoms with Crippen LogP contribution in [0.2, 0.25) is 0 Å². The molecule has 0 aliphatic heterocycles. The Labute approximate surface area is 185 Å². The maximum atomic E-state index is 13.4. The monoisotopic (exact) mass is 435 g/mol. The van der Waals surface area contributed by atoms with Gasteiger partial charge < -0.3 is 25.4 Å². The van der Waals surface area contributed by atoms with Gasteiger partial charge in [0.05, 0.1) is 6.61 Å². The Bertz CT molecular complexity index is 741. The third-order valence-corrected chi connectivity index (χ3v) is 4.30. The number of aliphatic hydroxyl groups excluding tert-OH is 1. The third-order valence-electron chi connectivity index (χ3n) is 4.30. The van der Waals surface area contributed by atoms with Crippen molar-refractivity contribution in [3.63, 3.8) is 0 Å². The second kappa shape index (κ2) is 11.7. The average molecular weight is 436 g/mol. The third kappa shape index (κ3) is 8.57. The van der Waals surface area contributed by atoms with Crippen LogP contribution in [0.1, 0.15) is 65.1 Å². The molecular weight excluding hydrogens is 398 g/mol. The molecule has 0 aliphatic rings. The number of alkyl carbamates (subject to hydrolysis) is 1. The van der Waals surface area contributed by atoms with E-state index in [-0.39, 0.29) is 18.5 Å². The summed E-state index contributed by atoms with van der Waals surface area (Å²) in [6.45, 7) is 12.3. The fourth-order valence-corrected chi connectivity index (χ4v) is 3.03. The topological polar surface area (TPSA) is 108 Å². The van der Waals surface area contributed by atoms with Crippen molar-refractivity contribution in [2.75, 3.05) is 13.2 Å². The lowest BCUT2D eigenvalue weighted by Crippen LogP contribution is -2.54. The fourth-order valence-electron chi connectivity index (χ4n) is 3.03. The normalized spacial score (nSPS) is 13.3. The van der Waals surface area contributed by atoms with Gasteiger partial charge >= 0.3 is 6.09 Å². The first-order valence-corrected chi connectivity index (χ1v) is 10.7. The second-order valence-electron chi connectivity index (χ2n) is 8.89. The molecule has 174 valence electrons. The lowest BCUT2D eigenvalue weighted by molar-refractivity contribution is -0.143. The van der Waals surface area contributed by atoms with E-state index in [1.807, 2.05) is 52.0 Å². The molecular formula is C23H37N3O5. The molecule has 0 saturated carbocycles. The summed E-state index contributed by atoms with van der Waals surface area (Å²) < 4.78 is 5.21. The molecule has 1 aromatic carbocycles. The Morgan fingerprint density at radius 1 is 1.10 bits per heavy atom. The fraction of sp³-hybridized carbons (Fsp3) is 0.609. The quantitative estimate of drug-likeness (QED) is 0.553. The van der Waals surface area contributed by atoms with Crippen LogP contribution in [0.4, 0.5) is 4.79 Å². The van der Waals surface area contributed by atoms with Crippen molar-refractivity contribution in [2.24, 2.45) is 0 Å². The van der Waals surface area contributed by atoms with E-state index < -0.39 is 36.3 Å². The number of aliphatic hydroxyl groups is 1. The van der Waals surface area contributed by atoms with E-state index in [9.17, 15) is 19.5 Å². The van der Waals surface area contributed by atoms with Crippen molar-refractivity contribution < 1.29 is 24.2 Å². The molecule has 2 unspecified atom stereocenters. The van der Waals surface area contributed by atoms with Gasteiger partial charge in [0.1, 0.15) is 17.7 Å². The maximum Gasteiger partial charge on any atom is 0.408 e. The molecule has 8 heteroatoms. The van der Waals surface area contributed by atoms with Gasteiger partial charge in [0, 0.05) is 12.6 Å². The highest BCUT2D eigenvalue weighted by molar-refractivity contribution is 5.92. The summed E-state index contributed by atoms with van der Waals surface area (Å²) in [7, 11) is 0. The first kappa shape index (κ1) is 26.4. The molecule has 0 radical (unpaired) electrons. The molecule has 3 amide bonds. The Morgan fingerprint density at radius 3 is 2.13 bits per heavy atom. The zero-order valence-electron chi connectivity index (χ0n) is 19.7. The molecule has 8 nitrogen and oxygen atoms in total. The minimum atomic E-state index is -1.24. The molecule has 31 heavy (non-hydrogen) atoms. The largest absolute Gasteiger partial charge is 0.444 e. The maximum absolute atomic E-state index is 13.4.